The van der Waals surface area contributed by atoms with Crippen LogP contribution in [-0.4, -0.2) is 22.0 Å². The van der Waals surface area contributed by atoms with E-state index in [-0.39, 0.29) is 11.4 Å². The molecular formula is C17H21IN2O2. The third-order valence-electron chi connectivity index (χ3n) is 4.39. The van der Waals surface area contributed by atoms with E-state index in [0.29, 0.717) is 12.2 Å². The Balaban J connectivity index is 1.96. The second-order valence-electron chi connectivity index (χ2n) is 6.38. The van der Waals surface area contributed by atoms with Gasteiger partial charge in [0.05, 0.1) is 17.9 Å². The van der Waals surface area contributed by atoms with E-state index < -0.39 is 0 Å². The number of aromatic nitrogens is 2. The minimum Gasteiger partial charge on any atom is -0.462 e. The van der Waals surface area contributed by atoms with Crippen molar-refractivity contribution in [2.45, 2.75) is 51.9 Å². The normalized spacial score (nSPS) is 16.0. The van der Waals surface area contributed by atoms with Crippen molar-refractivity contribution >= 4 is 34.2 Å². The molecule has 0 spiro atoms. The SMILES string of the molecule is CCCCOC(=O)c1cc(C)n2c(I)c(C3(C)CC3)nc2c1. The van der Waals surface area contributed by atoms with Crippen molar-refractivity contribution in [2.24, 2.45) is 0 Å². The summed E-state index contributed by atoms with van der Waals surface area (Å²) in [7, 11) is 0. The number of nitrogens with zero attached hydrogens (tertiary/aromatic N) is 2. The van der Waals surface area contributed by atoms with Gasteiger partial charge in [0.2, 0.25) is 0 Å². The van der Waals surface area contributed by atoms with Crippen LogP contribution < -0.4 is 0 Å². The summed E-state index contributed by atoms with van der Waals surface area (Å²) in [6, 6.07) is 3.74. The molecule has 1 aliphatic carbocycles. The van der Waals surface area contributed by atoms with Crippen LogP contribution in [0.4, 0.5) is 0 Å². The maximum Gasteiger partial charge on any atom is 0.338 e. The quantitative estimate of drug-likeness (QED) is 0.419. The van der Waals surface area contributed by atoms with Crippen molar-refractivity contribution in [3.8, 4) is 0 Å². The first kappa shape index (κ1) is 15.8. The van der Waals surface area contributed by atoms with Gasteiger partial charge in [-0.2, -0.15) is 0 Å². The predicted octanol–water partition coefficient (Wildman–Crippen LogP) is 4.26. The van der Waals surface area contributed by atoms with Crippen molar-refractivity contribution in [1.29, 1.82) is 0 Å². The summed E-state index contributed by atoms with van der Waals surface area (Å²) in [5.74, 6) is -0.253. The molecule has 1 aliphatic rings. The third-order valence-corrected chi connectivity index (χ3v) is 5.38. The van der Waals surface area contributed by atoms with Crippen molar-refractivity contribution < 1.29 is 9.53 Å². The van der Waals surface area contributed by atoms with Crippen molar-refractivity contribution in [2.75, 3.05) is 6.61 Å². The lowest BCUT2D eigenvalue weighted by Gasteiger charge is -2.07. The van der Waals surface area contributed by atoms with Crippen molar-refractivity contribution in [1.82, 2.24) is 9.38 Å². The molecule has 118 valence electrons. The maximum absolute atomic E-state index is 12.2. The van der Waals surface area contributed by atoms with E-state index in [9.17, 15) is 4.79 Å². The van der Waals surface area contributed by atoms with E-state index in [1.807, 2.05) is 19.1 Å². The zero-order valence-electron chi connectivity index (χ0n) is 13.3. The highest BCUT2D eigenvalue weighted by Crippen LogP contribution is 2.48. The van der Waals surface area contributed by atoms with Gasteiger partial charge >= 0.3 is 5.97 Å². The summed E-state index contributed by atoms with van der Waals surface area (Å²) >= 11 is 2.37. The zero-order valence-corrected chi connectivity index (χ0v) is 15.4. The third kappa shape index (κ3) is 2.75. The minimum atomic E-state index is -0.253. The number of fused-ring (bicyclic) bond motifs is 1. The Labute approximate surface area is 144 Å². The van der Waals surface area contributed by atoms with Crippen LogP contribution in [0.15, 0.2) is 12.1 Å². The van der Waals surface area contributed by atoms with Gasteiger partial charge in [-0.3, -0.25) is 4.40 Å². The number of ether oxygens (including phenoxy) is 1. The van der Waals surface area contributed by atoms with Gasteiger partial charge in [-0.1, -0.05) is 20.3 Å². The van der Waals surface area contributed by atoms with E-state index in [1.165, 1.54) is 12.8 Å². The molecule has 0 aliphatic heterocycles. The Morgan fingerprint density at radius 3 is 2.82 bits per heavy atom. The van der Waals surface area contributed by atoms with Gasteiger partial charge in [-0.05, 0) is 60.9 Å². The first-order valence-electron chi connectivity index (χ1n) is 7.82. The van der Waals surface area contributed by atoms with Gasteiger partial charge in [0.25, 0.3) is 0 Å². The lowest BCUT2D eigenvalue weighted by Crippen LogP contribution is -2.08. The number of imidazole rings is 1. The molecule has 0 atom stereocenters. The van der Waals surface area contributed by atoms with Crippen LogP contribution >= 0.6 is 22.6 Å². The fraction of sp³-hybridized carbons (Fsp3) is 0.529. The number of esters is 1. The largest absolute Gasteiger partial charge is 0.462 e. The van der Waals surface area contributed by atoms with Crippen LogP contribution in [0.25, 0.3) is 5.65 Å². The molecule has 0 radical (unpaired) electrons. The van der Waals surface area contributed by atoms with E-state index >= 15 is 0 Å². The highest BCUT2D eigenvalue weighted by atomic mass is 127. The topological polar surface area (TPSA) is 43.6 Å². The molecule has 0 saturated heterocycles. The standard InChI is InChI=1S/C17H21IN2O2/c1-4-5-8-22-16(21)12-9-11(2)20-13(10-12)19-14(15(20)18)17(3)6-7-17/h9-10H,4-8H2,1-3H3. The Bertz CT molecular complexity index is 732. The average molecular weight is 412 g/mol. The summed E-state index contributed by atoms with van der Waals surface area (Å²) in [4.78, 5) is 16.9. The van der Waals surface area contributed by atoms with Crippen LogP contribution in [0.3, 0.4) is 0 Å². The van der Waals surface area contributed by atoms with Gasteiger partial charge in [-0.25, -0.2) is 9.78 Å². The highest BCUT2D eigenvalue weighted by molar-refractivity contribution is 14.1. The lowest BCUT2D eigenvalue weighted by molar-refractivity contribution is 0.0499. The van der Waals surface area contributed by atoms with Crippen LogP contribution in [0.2, 0.25) is 0 Å². The van der Waals surface area contributed by atoms with E-state index in [0.717, 1.165) is 33.6 Å². The Morgan fingerprint density at radius 2 is 2.18 bits per heavy atom. The first-order valence-corrected chi connectivity index (χ1v) is 8.90. The molecular weight excluding hydrogens is 391 g/mol. The van der Waals surface area contributed by atoms with Crippen LogP contribution in [0.1, 0.15) is 61.3 Å². The number of hydrogen-bond donors (Lipinski definition) is 0. The van der Waals surface area contributed by atoms with E-state index in [4.69, 9.17) is 9.72 Å². The first-order chi connectivity index (χ1) is 10.5. The second kappa shape index (κ2) is 5.83. The summed E-state index contributed by atoms with van der Waals surface area (Å²) in [6.45, 7) is 6.83. The van der Waals surface area contributed by atoms with E-state index in [1.54, 1.807) is 0 Å². The fourth-order valence-electron chi connectivity index (χ4n) is 2.64. The second-order valence-corrected chi connectivity index (χ2v) is 7.40. The molecule has 2 aromatic heterocycles. The number of rotatable bonds is 5. The zero-order chi connectivity index (χ0) is 15.9. The van der Waals surface area contributed by atoms with Crippen LogP contribution in [0, 0.1) is 10.6 Å². The molecule has 2 aromatic rings. The molecule has 0 bridgehead atoms. The van der Waals surface area contributed by atoms with Crippen molar-refractivity contribution in [3.63, 3.8) is 0 Å². The van der Waals surface area contributed by atoms with Gasteiger partial charge in [0, 0.05) is 11.1 Å². The molecule has 1 fully saturated rings. The maximum atomic E-state index is 12.2. The Kier molecular flexibility index (Phi) is 4.18. The van der Waals surface area contributed by atoms with E-state index in [2.05, 4.69) is 40.8 Å². The molecule has 3 rings (SSSR count). The fourth-order valence-corrected chi connectivity index (χ4v) is 4.04. The molecule has 1 saturated carbocycles. The average Bonchev–Trinajstić information content (AvgIpc) is 3.12. The molecule has 0 N–H and O–H groups in total. The number of aryl methyl sites for hydroxylation is 1. The number of unbranched alkanes of at least 4 members (excludes halogenated alkanes) is 1. The molecule has 0 aromatic carbocycles. The monoisotopic (exact) mass is 412 g/mol. The van der Waals surface area contributed by atoms with Gasteiger partial charge in [-0.15, -0.1) is 0 Å². The van der Waals surface area contributed by atoms with Gasteiger partial charge < -0.3 is 4.74 Å². The number of pyridine rings is 1. The predicted molar refractivity (Wildman–Crippen MR) is 94.4 cm³/mol. The lowest BCUT2D eigenvalue weighted by atomic mass is 10.1. The number of carbonyl (C=O) groups is 1. The molecule has 4 nitrogen and oxygen atoms in total. The summed E-state index contributed by atoms with van der Waals surface area (Å²) in [5.41, 5.74) is 3.83. The molecule has 5 heteroatoms. The van der Waals surface area contributed by atoms with Gasteiger partial charge in [0.1, 0.15) is 9.35 Å². The van der Waals surface area contributed by atoms with Crippen LogP contribution in [0.5, 0.6) is 0 Å². The van der Waals surface area contributed by atoms with Crippen molar-refractivity contribution in [3.05, 3.63) is 32.8 Å². The van der Waals surface area contributed by atoms with Gasteiger partial charge in [0.15, 0.2) is 0 Å². The molecule has 0 unspecified atom stereocenters. The number of carbonyl (C=O) groups excluding carboxylic acids is 1. The molecule has 22 heavy (non-hydrogen) atoms. The van der Waals surface area contributed by atoms with Crippen LogP contribution in [-0.2, 0) is 10.2 Å². The molecule has 0 amide bonds. The minimum absolute atomic E-state index is 0.219. The number of hydrogen-bond acceptors (Lipinski definition) is 3. The highest BCUT2D eigenvalue weighted by Gasteiger charge is 2.43. The summed E-state index contributed by atoms with van der Waals surface area (Å²) in [6.07, 6.45) is 4.30. The Morgan fingerprint density at radius 1 is 1.45 bits per heavy atom. The smallest absolute Gasteiger partial charge is 0.338 e. The Hall–Kier alpha value is -1.11. The summed E-state index contributed by atoms with van der Waals surface area (Å²) < 4.78 is 8.60. The number of halogens is 1. The summed E-state index contributed by atoms with van der Waals surface area (Å²) in [5, 5.41) is 0. The molecule has 2 heterocycles.